The topological polar surface area (TPSA) is 43.1 Å². The first-order valence-electron chi connectivity index (χ1n) is 3.93. The molecule has 0 unspecified atom stereocenters. The van der Waals surface area contributed by atoms with E-state index in [-0.39, 0.29) is 16.5 Å². The van der Waals surface area contributed by atoms with Gasteiger partial charge in [-0.15, -0.1) is 0 Å². The Kier molecular flexibility index (Phi) is 3.70. The molecule has 0 spiro atoms. The molecule has 0 heterocycles. The van der Waals surface area contributed by atoms with Crippen LogP contribution in [0.25, 0.3) is 0 Å². The first kappa shape index (κ1) is 13.1. The van der Waals surface area contributed by atoms with Crippen molar-refractivity contribution in [1.29, 1.82) is 0 Å². The van der Waals surface area contributed by atoms with Gasteiger partial charge in [0, 0.05) is 0 Å². The highest BCUT2D eigenvalue weighted by atomic mass is 35.5. The molecule has 0 saturated carbocycles. The SMILES string of the molecule is NC(=O)c1c([CH]C(F)(F)F)ccc(Cl)c1Cl. The molecule has 2 N–H and O–H groups in total. The van der Waals surface area contributed by atoms with Gasteiger partial charge in [-0.05, 0) is 11.6 Å². The van der Waals surface area contributed by atoms with E-state index in [1.165, 1.54) is 0 Å². The molecule has 0 saturated heterocycles. The second-order valence-corrected chi connectivity index (χ2v) is 3.66. The summed E-state index contributed by atoms with van der Waals surface area (Å²) >= 11 is 11.2. The number of primary amides is 1. The molecule has 1 amide bonds. The molecule has 0 aliphatic heterocycles. The Balaban J connectivity index is 3.29. The Morgan fingerprint density at radius 2 is 1.88 bits per heavy atom. The summed E-state index contributed by atoms with van der Waals surface area (Å²) in [6.07, 6.45) is -4.63. The molecular weight excluding hydrogens is 266 g/mol. The molecule has 0 aliphatic carbocycles. The molecular formula is C9H5Cl2F3NO. The number of carbonyl (C=O) groups is 1. The smallest absolute Gasteiger partial charge is 0.366 e. The van der Waals surface area contributed by atoms with Crippen LogP contribution in [0, 0.1) is 6.42 Å². The number of hydrogen-bond donors (Lipinski definition) is 1. The fourth-order valence-corrected chi connectivity index (χ4v) is 1.54. The third kappa shape index (κ3) is 3.02. The molecule has 1 aromatic rings. The molecule has 0 aliphatic rings. The predicted molar refractivity (Wildman–Crippen MR) is 54.4 cm³/mol. The van der Waals surface area contributed by atoms with Gasteiger partial charge in [0.05, 0.1) is 22.0 Å². The number of nitrogens with two attached hydrogens (primary N) is 1. The van der Waals surface area contributed by atoms with Gasteiger partial charge in [0.1, 0.15) is 0 Å². The standard InChI is InChI=1S/C9H5Cl2F3NO/c10-5-2-1-4(3-9(12,13)14)6(7(5)11)8(15)16/h1-3H,(H2,15,16). The molecule has 16 heavy (non-hydrogen) atoms. The maximum atomic E-state index is 12.1. The van der Waals surface area contributed by atoms with Gasteiger partial charge in [0.25, 0.3) is 5.91 Å². The second-order valence-electron chi connectivity index (χ2n) is 2.88. The van der Waals surface area contributed by atoms with Gasteiger partial charge >= 0.3 is 6.18 Å². The van der Waals surface area contributed by atoms with E-state index in [1.54, 1.807) is 0 Å². The van der Waals surface area contributed by atoms with Crippen LogP contribution < -0.4 is 5.73 Å². The number of amides is 1. The summed E-state index contributed by atoms with van der Waals surface area (Å²) in [6.45, 7) is 0. The van der Waals surface area contributed by atoms with Crippen LogP contribution in [0.1, 0.15) is 15.9 Å². The first-order chi connectivity index (χ1) is 7.22. The molecule has 0 atom stereocenters. The van der Waals surface area contributed by atoms with Crippen molar-refractivity contribution in [3.8, 4) is 0 Å². The van der Waals surface area contributed by atoms with Gasteiger partial charge in [-0.1, -0.05) is 29.3 Å². The lowest BCUT2D eigenvalue weighted by Crippen LogP contribution is -2.18. The maximum Gasteiger partial charge on any atom is 0.396 e. The van der Waals surface area contributed by atoms with Gasteiger partial charge < -0.3 is 5.73 Å². The molecule has 0 bridgehead atoms. The van der Waals surface area contributed by atoms with Crippen LogP contribution >= 0.6 is 23.2 Å². The number of alkyl halides is 3. The van der Waals surface area contributed by atoms with Crippen molar-refractivity contribution in [3.63, 3.8) is 0 Å². The monoisotopic (exact) mass is 270 g/mol. The van der Waals surface area contributed by atoms with Gasteiger partial charge in [-0.3, -0.25) is 4.79 Å². The van der Waals surface area contributed by atoms with Crippen molar-refractivity contribution in [2.24, 2.45) is 5.73 Å². The van der Waals surface area contributed by atoms with E-state index < -0.39 is 23.2 Å². The van der Waals surface area contributed by atoms with Crippen LogP contribution in [0.3, 0.4) is 0 Å². The zero-order chi connectivity index (χ0) is 12.5. The Bertz CT molecular complexity index is 431. The second kappa shape index (κ2) is 4.51. The zero-order valence-corrected chi connectivity index (χ0v) is 9.12. The van der Waals surface area contributed by atoms with Crippen molar-refractivity contribution in [3.05, 3.63) is 39.7 Å². The highest BCUT2D eigenvalue weighted by Gasteiger charge is 2.31. The van der Waals surface area contributed by atoms with Crippen LogP contribution in [0.15, 0.2) is 12.1 Å². The fraction of sp³-hybridized carbons (Fsp3) is 0.111. The van der Waals surface area contributed by atoms with Crippen LogP contribution in [0.5, 0.6) is 0 Å². The largest absolute Gasteiger partial charge is 0.396 e. The lowest BCUT2D eigenvalue weighted by atomic mass is 10.0. The normalized spacial score (nSPS) is 11.6. The fourth-order valence-electron chi connectivity index (χ4n) is 1.11. The van der Waals surface area contributed by atoms with E-state index in [0.717, 1.165) is 12.1 Å². The molecule has 0 aromatic heterocycles. The third-order valence-corrected chi connectivity index (χ3v) is 2.50. The summed E-state index contributed by atoms with van der Waals surface area (Å²) in [5, 5.41) is -0.318. The number of rotatable bonds is 2. The van der Waals surface area contributed by atoms with Gasteiger partial charge in [0.2, 0.25) is 0 Å². The van der Waals surface area contributed by atoms with E-state index in [0.29, 0.717) is 0 Å². The summed E-state index contributed by atoms with van der Waals surface area (Å²) in [6, 6.07) is 2.19. The molecule has 1 radical (unpaired) electrons. The quantitative estimate of drug-likeness (QED) is 0.881. The highest BCUT2D eigenvalue weighted by molar-refractivity contribution is 6.44. The maximum absolute atomic E-state index is 12.1. The molecule has 1 rings (SSSR count). The molecule has 0 fully saturated rings. The Labute approximate surface area is 99.1 Å². The lowest BCUT2D eigenvalue weighted by Gasteiger charge is -2.11. The van der Waals surface area contributed by atoms with Crippen LogP contribution in [-0.4, -0.2) is 12.1 Å². The Morgan fingerprint density at radius 1 is 1.31 bits per heavy atom. The Morgan fingerprint density at radius 3 is 2.31 bits per heavy atom. The minimum Gasteiger partial charge on any atom is -0.366 e. The van der Waals surface area contributed by atoms with Crippen molar-refractivity contribution in [2.75, 3.05) is 0 Å². The van der Waals surface area contributed by atoms with Crippen LogP contribution in [0.2, 0.25) is 10.0 Å². The average Bonchev–Trinajstić information content (AvgIpc) is 2.08. The molecule has 1 aromatic carbocycles. The minimum atomic E-state index is -4.57. The number of halogens is 5. The predicted octanol–water partition coefficient (Wildman–Crippen LogP) is 3.21. The lowest BCUT2D eigenvalue weighted by molar-refractivity contribution is -0.0928. The van der Waals surface area contributed by atoms with E-state index in [1.807, 2.05) is 0 Å². The summed E-state index contributed by atoms with van der Waals surface area (Å²) in [5.41, 5.74) is 4.09. The Hall–Kier alpha value is -0.940. The van der Waals surface area contributed by atoms with Crippen molar-refractivity contribution in [2.45, 2.75) is 6.18 Å². The number of carbonyl (C=O) groups excluding carboxylic acids is 1. The number of benzene rings is 1. The van der Waals surface area contributed by atoms with E-state index in [2.05, 4.69) is 0 Å². The van der Waals surface area contributed by atoms with Crippen molar-refractivity contribution >= 4 is 29.1 Å². The molecule has 2 nitrogen and oxygen atoms in total. The average molecular weight is 271 g/mol. The van der Waals surface area contributed by atoms with Gasteiger partial charge in [0.15, 0.2) is 0 Å². The van der Waals surface area contributed by atoms with Crippen LogP contribution in [0.4, 0.5) is 13.2 Å². The van der Waals surface area contributed by atoms with Crippen molar-refractivity contribution in [1.82, 2.24) is 0 Å². The summed E-state index contributed by atoms with van der Waals surface area (Å²) < 4.78 is 36.4. The van der Waals surface area contributed by atoms with E-state index >= 15 is 0 Å². The third-order valence-electron chi connectivity index (χ3n) is 1.69. The summed E-state index contributed by atoms with van der Waals surface area (Å²) in [5.74, 6) is -1.07. The molecule has 87 valence electrons. The van der Waals surface area contributed by atoms with E-state index in [4.69, 9.17) is 28.9 Å². The highest BCUT2D eigenvalue weighted by Crippen LogP contribution is 2.32. The van der Waals surface area contributed by atoms with Crippen LogP contribution in [-0.2, 0) is 0 Å². The van der Waals surface area contributed by atoms with E-state index in [9.17, 15) is 18.0 Å². The first-order valence-corrected chi connectivity index (χ1v) is 4.68. The van der Waals surface area contributed by atoms with Gasteiger partial charge in [-0.25, -0.2) is 0 Å². The zero-order valence-electron chi connectivity index (χ0n) is 7.61. The summed E-state index contributed by atoms with van der Waals surface area (Å²) in [7, 11) is 0. The molecule has 7 heteroatoms. The van der Waals surface area contributed by atoms with Crippen molar-refractivity contribution < 1.29 is 18.0 Å². The number of hydrogen-bond acceptors (Lipinski definition) is 1. The summed E-state index contributed by atoms with van der Waals surface area (Å²) in [4.78, 5) is 11.0. The minimum absolute atomic E-state index is 0.0326. The van der Waals surface area contributed by atoms with Gasteiger partial charge in [-0.2, -0.15) is 13.2 Å².